The summed E-state index contributed by atoms with van der Waals surface area (Å²) in [6.07, 6.45) is 0.909. The molecule has 1 aliphatic heterocycles. The molecule has 0 saturated carbocycles. The van der Waals surface area contributed by atoms with Crippen molar-refractivity contribution >= 4 is 21.7 Å². The molecule has 8 heteroatoms. The summed E-state index contributed by atoms with van der Waals surface area (Å²) in [7, 11) is -3.71. The average molecular weight is 280 g/mol. The van der Waals surface area contributed by atoms with Gasteiger partial charge in [-0.2, -0.15) is 0 Å². The van der Waals surface area contributed by atoms with Gasteiger partial charge in [-0.15, -0.1) is 5.10 Å². The number of aryl methyl sites for hydroxylation is 1. The molecule has 2 heterocycles. The molecule has 0 amide bonds. The SMILES string of the molecule is Cc1nnc(NS(=O)(=O)c2ccc3c(c2)NCC3)o1. The zero-order chi connectivity index (χ0) is 13.5. The minimum Gasteiger partial charge on any atom is -0.408 e. The molecule has 1 aromatic heterocycles. The highest BCUT2D eigenvalue weighted by atomic mass is 32.2. The lowest BCUT2D eigenvalue weighted by Gasteiger charge is -2.06. The second-order valence-electron chi connectivity index (χ2n) is 4.23. The van der Waals surface area contributed by atoms with Crippen LogP contribution in [-0.2, 0) is 16.4 Å². The summed E-state index contributed by atoms with van der Waals surface area (Å²) >= 11 is 0. The fourth-order valence-electron chi connectivity index (χ4n) is 1.95. The van der Waals surface area contributed by atoms with E-state index in [0.29, 0.717) is 5.89 Å². The van der Waals surface area contributed by atoms with Crippen molar-refractivity contribution in [1.82, 2.24) is 10.2 Å². The summed E-state index contributed by atoms with van der Waals surface area (Å²) in [5.41, 5.74) is 1.97. The lowest BCUT2D eigenvalue weighted by atomic mass is 10.2. The molecule has 2 N–H and O–H groups in total. The van der Waals surface area contributed by atoms with Gasteiger partial charge >= 0.3 is 6.01 Å². The van der Waals surface area contributed by atoms with Crippen LogP contribution in [0.5, 0.6) is 0 Å². The molecule has 2 aromatic rings. The summed E-state index contributed by atoms with van der Waals surface area (Å²) in [6, 6.07) is 4.85. The molecule has 0 atom stereocenters. The van der Waals surface area contributed by atoms with Crippen LogP contribution < -0.4 is 10.0 Å². The number of aromatic nitrogens is 2. The van der Waals surface area contributed by atoms with Crippen molar-refractivity contribution in [2.24, 2.45) is 0 Å². The Kier molecular flexibility index (Phi) is 2.67. The van der Waals surface area contributed by atoms with Crippen LogP contribution in [0.3, 0.4) is 0 Å². The highest BCUT2D eigenvalue weighted by Gasteiger charge is 2.20. The van der Waals surface area contributed by atoms with Crippen LogP contribution >= 0.6 is 0 Å². The van der Waals surface area contributed by atoms with Gasteiger partial charge in [0.15, 0.2) is 0 Å². The van der Waals surface area contributed by atoms with Crippen LogP contribution in [0.15, 0.2) is 27.5 Å². The van der Waals surface area contributed by atoms with Gasteiger partial charge in [0.05, 0.1) is 4.90 Å². The number of rotatable bonds is 3. The first-order valence-corrected chi connectivity index (χ1v) is 7.23. The Bertz CT molecular complexity index is 723. The third kappa shape index (κ3) is 2.26. The van der Waals surface area contributed by atoms with Gasteiger partial charge in [-0.1, -0.05) is 11.2 Å². The normalized spacial score (nSPS) is 13.9. The maximum absolute atomic E-state index is 12.1. The average Bonchev–Trinajstić information content (AvgIpc) is 2.96. The molecule has 0 radical (unpaired) electrons. The molecular formula is C11H12N4O3S. The Labute approximate surface area is 110 Å². The number of hydrogen-bond donors (Lipinski definition) is 2. The minimum absolute atomic E-state index is 0.133. The number of nitrogens with zero attached hydrogens (tertiary/aromatic N) is 2. The van der Waals surface area contributed by atoms with E-state index in [1.807, 2.05) is 6.07 Å². The van der Waals surface area contributed by atoms with Gasteiger partial charge in [0.2, 0.25) is 5.89 Å². The monoisotopic (exact) mass is 280 g/mol. The Morgan fingerprint density at radius 3 is 2.95 bits per heavy atom. The molecule has 0 unspecified atom stereocenters. The molecule has 3 rings (SSSR count). The van der Waals surface area contributed by atoms with E-state index in [9.17, 15) is 8.42 Å². The number of benzene rings is 1. The molecule has 0 fully saturated rings. The highest BCUT2D eigenvalue weighted by molar-refractivity contribution is 7.92. The quantitative estimate of drug-likeness (QED) is 0.875. The highest BCUT2D eigenvalue weighted by Crippen LogP contribution is 2.26. The lowest BCUT2D eigenvalue weighted by Crippen LogP contribution is -2.13. The van der Waals surface area contributed by atoms with Crippen molar-refractivity contribution in [2.45, 2.75) is 18.2 Å². The fraction of sp³-hybridized carbons (Fsp3) is 0.273. The van der Waals surface area contributed by atoms with Gasteiger partial charge in [0.1, 0.15) is 0 Å². The third-order valence-corrected chi connectivity index (χ3v) is 4.17. The molecular weight excluding hydrogens is 268 g/mol. The van der Waals surface area contributed by atoms with Crippen molar-refractivity contribution in [3.8, 4) is 0 Å². The van der Waals surface area contributed by atoms with Crippen molar-refractivity contribution in [1.29, 1.82) is 0 Å². The van der Waals surface area contributed by atoms with E-state index in [4.69, 9.17) is 4.42 Å². The Hall–Kier alpha value is -2.09. The van der Waals surface area contributed by atoms with Crippen LogP contribution in [0.2, 0.25) is 0 Å². The zero-order valence-electron chi connectivity index (χ0n) is 10.2. The molecule has 0 aliphatic carbocycles. The summed E-state index contributed by atoms with van der Waals surface area (Å²) in [5.74, 6) is 0.299. The molecule has 1 aliphatic rings. The molecule has 0 spiro atoms. The van der Waals surface area contributed by atoms with E-state index in [-0.39, 0.29) is 10.9 Å². The second kappa shape index (κ2) is 4.23. The summed E-state index contributed by atoms with van der Waals surface area (Å²) < 4.78 is 31.5. The third-order valence-electron chi connectivity index (χ3n) is 2.85. The standard InChI is InChI=1S/C11H12N4O3S/c1-7-13-14-11(18-7)15-19(16,17)9-3-2-8-4-5-12-10(8)6-9/h2-3,6,12H,4-5H2,1H3,(H,14,15). The first-order chi connectivity index (χ1) is 9.04. The molecule has 19 heavy (non-hydrogen) atoms. The van der Waals surface area contributed by atoms with Crippen LogP contribution in [0.25, 0.3) is 0 Å². The molecule has 100 valence electrons. The number of hydrogen-bond acceptors (Lipinski definition) is 6. The second-order valence-corrected chi connectivity index (χ2v) is 5.91. The Morgan fingerprint density at radius 2 is 2.21 bits per heavy atom. The van der Waals surface area contributed by atoms with Gasteiger partial charge in [-0.3, -0.25) is 0 Å². The van der Waals surface area contributed by atoms with Gasteiger partial charge in [-0.05, 0) is 24.1 Å². The first kappa shape index (κ1) is 12.0. The van der Waals surface area contributed by atoms with Crippen LogP contribution in [0, 0.1) is 6.92 Å². The van der Waals surface area contributed by atoms with Crippen molar-refractivity contribution in [2.75, 3.05) is 16.6 Å². The largest absolute Gasteiger partial charge is 0.408 e. The van der Waals surface area contributed by atoms with Crippen LogP contribution in [-0.4, -0.2) is 25.2 Å². The zero-order valence-corrected chi connectivity index (χ0v) is 11.0. The lowest BCUT2D eigenvalue weighted by molar-refractivity contribution is 0.534. The van der Waals surface area contributed by atoms with E-state index in [1.165, 1.54) is 0 Å². The first-order valence-electron chi connectivity index (χ1n) is 5.74. The molecule has 7 nitrogen and oxygen atoms in total. The smallest absolute Gasteiger partial charge is 0.329 e. The molecule has 0 saturated heterocycles. The maximum Gasteiger partial charge on any atom is 0.329 e. The predicted molar refractivity (Wildman–Crippen MR) is 68.5 cm³/mol. The topological polar surface area (TPSA) is 97.1 Å². The summed E-state index contributed by atoms with van der Waals surface area (Å²) in [4.78, 5) is 0.163. The van der Waals surface area contributed by atoms with Gasteiger partial charge in [0, 0.05) is 19.2 Å². The van der Waals surface area contributed by atoms with Crippen molar-refractivity contribution in [3.05, 3.63) is 29.7 Å². The maximum atomic E-state index is 12.1. The van der Waals surface area contributed by atoms with E-state index in [1.54, 1.807) is 19.1 Å². The van der Waals surface area contributed by atoms with Crippen LogP contribution in [0.1, 0.15) is 11.5 Å². The number of sulfonamides is 1. The summed E-state index contributed by atoms with van der Waals surface area (Å²) in [6.45, 7) is 2.42. The van der Waals surface area contributed by atoms with Gasteiger partial charge in [-0.25, -0.2) is 13.1 Å². The van der Waals surface area contributed by atoms with E-state index < -0.39 is 10.0 Å². The molecule has 1 aromatic carbocycles. The fourth-order valence-corrected chi connectivity index (χ4v) is 2.90. The number of fused-ring (bicyclic) bond motifs is 1. The van der Waals surface area contributed by atoms with Gasteiger partial charge in [0.25, 0.3) is 10.0 Å². The number of nitrogens with one attached hydrogen (secondary N) is 2. The van der Waals surface area contributed by atoms with E-state index in [2.05, 4.69) is 20.2 Å². The Morgan fingerprint density at radius 1 is 1.37 bits per heavy atom. The van der Waals surface area contributed by atoms with E-state index >= 15 is 0 Å². The van der Waals surface area contributed by atoms with Gasteiger partial charge < -0.3 is 9.73 Å². The minimum atomic E-state index is -3.71. The molecule has 0 bridgehead atoms. The summed E-state index contributed by atoms with van der Waals surface area (Å²) in [5, 5.41) is 10.3. The van der Waals surface area contributed by atoms with Crippen molar-refractivity contribution < 1.29 is 12.8 Å². The van der Waals surface area contributed by atoms with E-state index in [0.717, 1.165) is 24.2 Å². The Balaban J connectivity index is 1.92. The van der Waals surface area contributed by atoms with Crippen molar-refractivity contribution in [3.63, 3.8) is 0 Å². The van der Waals surface area contributed by atoms with Crippen LogP contribution in [0.4, 0.5) is 11.7 Å². The predicted octanol–water partition coefficient (Wildman–Crippen LogP) is 1.15. The number of anilines is 2.